The predicted octanol–water partition coefficient (Wildman–Crippen LogP) is 0.775. The molecule has 0 aliphatic carbocycles. The summed E-state index contributed by atoms with van der Waals surface area (Å²) >= 11 is 0. The van der Waals surface area contributed by atoms with Gasteiger partial charge in [-0.15, -0.1) is 0 Å². The maximum absolute atomic E-state index is 5.53. The third-order valence-corrected chi connectivity index (χ3v) is 1.82. The third kappa shape index (κ3) is 1.66. The zero-order valence-corrected chi connectivity index (χ0v) is 6.24. The molecular formula is C7H15NO. The van der Waals surface area contributed by atoms with Gasteiger partial charge in [0.15, 0.2) is 0 Å². The first-order valence-corrected chi connectivity index (χ1v) is 3.61. The van der Waals surface area contributed by atoms with Gasteiger partial charge in [-0.2, -0.15) is 0 Å². The fraction of sp³-hybridized carbons (Fsp3) is 1.00. The molecule has 0 spiro atoms. The van der Waals surface area contributed by atoms with E-state index in [0.717, 1.165) is 26.1 Å². The molecule has 0 aromatic heterocycles. The maximum Gasteiger partial charge on any atom is 0.0790 e. The fourth-order valence-electron chi connectivity index (χ4n) is 1.27. The van der Waals surface area contributed by atoms with Crippen molar-refractivity contribution in [3.8, 4) is 0 Å². The molecule has 2 nitrogen and oxygen atoms in total. The Kier molecular flexibility index (Phi) is 2.09. The Labute approximate surface area is 56.6 Å². The molecule has 0 aromatic carbocycles. The highest BCUT2D eigenvalue weighted by atomic mass is 16.5. The number of hydrogen-bond acceptors (Lipinski definition) is 2. The predicted molar refractivity (Wildman–Crippen MR) is 37.5 cm³/mol. The van der Waals surface area contributed by atoms with E-state index >= 15 is 0 Å². The molecule has 1 heterocycles. The minimum absolute atomic E-state index is 0.134. The quantitative estimate of drug-likeness (QED) is 0.594. The highest BCUT2D eigenvalue weighted by molar-refractivity contribution is 4.84. The first-order chi connectivity index (χ1) is 4.27. The molecule has 0 bridgehead atoms. The van der Waals surface area contributed by atoms with Crippen LogP contribution >= 0.6 is 0 Å². The Morgan fingerprint density at radius 2 is 2.44 bits per heavy atom. The Hall–Kier alpha value is -0.0800. The topological polar surface area (TPSA) is 21.3 Å². The van der Waals surface area contributed by atoms with E-state index in [1.807, 2.05) is 6.92 Å². The van der Waals surface area contributed by atoms with Crippen LogP contribution < -0.4 is 5.32 Å². The van der Waals surface area contributed by atoms with E-state index in [0.29, 0.717) is 0 Å². The van der Waals surface area contributed by atoms with Gasteiger partial charge in [-0.1, -0.05) is 0 Å². The Morgan fingerprint density at radius 1 is 1.67 bits per heavy atom. The van der Waals surface area contributed by atoms with Crippen molar-refractivity contribution in [2.45, 2.75) is 25.9 Å². The zero-order valence-electron chi connectivity index (χ0n) is 6.24. The summed E-state index contributed by atoms with van der Waals surface area (Å²) in [6.07, 6.45) is 1.15. The third-order valence-electron chi connectivity index (χ3n) is 1.82. The molecule has 1 saturated heterocycles. The van der Waals surface area contributed by atoms with Gasteiger partial charge in [-0.3, -0.25) is 0 Å². The molecule has 1 fully saturated rings. The average Bonchev–Trinajstić information content (AvgIpc) is 2.16. The van der Waals surface area contributed by atoms with Crippen molar-refractivity contribution < 1.29 is 4.74 Å². The van der Waals surface area contributed by atoms with Crippen molar-refractivity contribution in [2.75, 3.05) is 19.7 Å². The second kappa shape index (κ2) is 2.67. The molecule has 1 aliphatic heterocycles. The number of rotatable bonds is 2. The summed E-state index contributed by atoms with van der Waals surface area (Å²) in [5.41, 5.74) is 0.134. The van der Waals surface area contributed by atoms with Crippen LogP contribution in [-0.2, 0) is 4.74 Å². The highest BCUT2D eigenvalue weighted by Crippen LogP contribution is 2.17. The van der Waals surface area contributed by atoms with Crippen LogP contribution in [0.25, 0.3) is 0 Å². The summed E-state index contributed by atoms with van der Waals surface area (Å²) < 4.78 is 5.53. The minimum atomic E-state index is 0.134. The summed E-state index contributed by atoms with van der Waals surface area (Å²) in [7, 11) is 0. The summed E-state index contributed by atoms with van der Waals surface area (Å²) in [5.74, 6) is 0. The van der Waals surface area contributed by atoms with E-state index in [1.54, 1.807) is 0 Å². The van der Waals surface area contributed by atoms with Crippen LogP contribution in [0.3, 0.4) is 0 Å². The van der Waals surface area contributed by atoms with Crippen LogP contribution in [-0.4, -0.2) is 25.3 Å². The van der Waals surface area contributed by atoms with E-state index in [1.165, 1.54) is 0 Å². The lowest BCUT2D eigenvalue weighted by atomic mass is 10.1. The van der Waals surface area contributed by atoms with Gasteiger partial charge in [0.05, 0.1) is 5.60 Å². The molecule has 0 radical (unpaired) electrons. The molecular weight excluding hydrogens is 114 g/mol. The summed E-state index contributed by atoms with van der Waals surface area (Å²) in [4.78, 5) is 0. The van der Waals surface area contributed by atoms with Crippen molar-refractivity contribution in [3.05, 3.63) is 0 Å². The summed E-state index contributed by atoms with van der Waals surface area (Å²) in [5, 5.41) is 3.27. The second-order valence-corrected chi connectivity index (χ2v) is 2.81. The normalized spacial score (nSPS) is 35.3. The molecule has 1 N–H and O–H groups in total. The SMILES string of the molecule is CCOC1(C)CCNC1. The standard InChI is InChI=1S/C7H15NO/c1-3-9-7(2)4-5-8-6-7/h8H,3-6H2,1-2H3. The van der Waals surface area contributed by atoms with Crippen molar-refractivity contribution in [1.82, 2.24) is 5.32 Å². The molecule has 1 rings (SSSR count). The first kappa shape index (κ1) is 7.03. The first-order valence-electron chi connectivity index (χ1n) is 3.61. The van der Waals surface area contributed by atoms with E-state index in [4.69, 9.17) is 4.74 Å². The van der Waals surface area contributed by atoms with Crippen LogP contribution in [0.15, 0.2) is 0 Å². The van der Waals surface area contributed by atoms with Gasteiger partial charge < -0.3 is 10.1 Å². The van der Waals surface area contributed by atoms with E-state index in [-0.39, 0.29) is 5.60 Å². The summed E-state index contributed by atoms with van der Waals surface area (Å²) in [6, 6.07) is 0. The lowest BCUT2D eigenvalue weighted by Gasteiger charge is -2.21. The highest BCUT2D eigenvalue weighted by Gasteiger charge is 2.28. The molecule has 0 aromatic rings. The Balaban J connectivity index is 2.32. The van der Waals surface area contributed by atoms with Gasteiger partial charge in [0.25, 0.3) is 0 Å². The lowest BCUT2D eigenvalue weighted by Crippen LogP contribution is -2.30. The van der Waals surface area contributed by atoms with Gasteiger partial charge in [0, 0.05) is 13.2 Å². The minimum Gasteiger partial charge on any atom is -0.374 e. The molecule has 1 aliphatic rings. The van der Waals surface area contributed by atoms with Crippen molar-refractivity contribution in [2.24, 2.45) is 0 Å². The molecule has 2 heteroatoms. The maximum atomic E-state index is 5.53. The second-order valence-electron chi connectivity index (χ2n) is 2.81. The summed E-state index contributed by atoms with van der Waals surface area (Å²) in [6.45, 7) is 7.16. The molecule has 54 valence electrons. The van der Waals surface area contributed by atoms with Gasteiger partial charge in [-0.25, -0.2) is 0 Å². The molecule has 0 amide bonds. The van der Waals surface area contributed by atoms with Gasteiger partial charge in [-0.05, 0) is 26.8 Å². The van der Waals surface area contributed by atoms with Crippen LogP contribution in [0, 0.1) is 0 Å². The zero-order chi connectivity index (χ0) is 6.74. The Morgan fingerprint density at radius 3 is 2.89 bits per heavy atom. The van der Waals surface area contributed by atoms with Crippen LogP contribution in [0.5, 0.6) is 0 Å². The number of ether oxygens (including phenoxy) is 1. The van der Waals surface area contributed by atoms with Crippen molar-refractivity contribution in [1.29, 1.82) is 0 Å². The molecule has 0 saturated carbocycles. The van der Waals surface area contributed by atoms with E-state index < -0.39 is 0 Å². The van der Waals surface area contributed by atoms with Gasteiger partial charge >= 0.3 is 0 Å². The number of nitrogens with one attached hydrogen (secondary N) is 1. The van der Waals surface area contributed by atoms with Gasteiger partial charge in [0.2, 0.25) is 0 Å². The van der Waals surface area contributed by atoms with E-state index in [2.05, 4.69) is 12.2 Å². The molecule has 9 heavy (non-hydrogen) atoms. The van der Waals surface area contributed by atoms with Gasteiger partial charge in [0.1, 0.15) is 0 Å². The van der Waals surface area contributed by atoms with Crippen LogP contribution in [0.2, 0.25) is 0 Å². The number of hydrogen-bond donors (Lipinski definition) is 1. The average molecular weight is 129 g/mol. The fourth-order valence-corrected chi connectivity index (χ4v) is 1.27. The largest absolute Gasteiger partial charge is 0.374 e. The van der Waals surface area contributed by atoms with Crippen LogP contribution in [0.1, 0.15) is 20.3 Å². The molecule has 1 unspecified atom stereocenters. The molecule has 1 atom stereocenters. The monoisotopic (exact) mass is 129 g/mol. The van der Waals surface area contributed by atoms with Crippen LogP contribution in [0.4, 0.5) is 0 Å². The van der Waals surface area contributed by atoms with E-state index in [9.17, 15) is 0 Å². The Bertz CT molecular complexity index is 86.9. The lowest BCUT2D eigenvalue weighted by molar-refractivity contribution is -0.00844. The smallest absolute Gasteiger partial charge is 0.0790 e. The van der Waals surface area contributed by atoms with Crippen molar-refractivity contribution in [3.63, 3.8) is 0 Å². The van der Waals surface area contributed by atoms with Crippen molar-refractivity contribution >= 4 is 0 Å².